The Labute approximate surface area is 118 Å². The molecule has 1 aliphatic heterocycles. The summed E-state index contributed by atoms with van der Waals surface area (Å²) in [6.45, 7) is 2.34. The number of sulfone groups is 1. The average molecular weight is 322 g/mol. The van der Waals surface area contributed by atoms with Gasteiger partial charge in [-0.2, -0.15) is 5.10 Å². The van der Waals surface area contributed by atoms with Crippen LogP contribution >= 0.6 is 0 Å². The van der Waals surface area contributed by atoms with Gasteiger partial charge in [-0.05, 0) is 19.8 Å². The van der Waals surface area contributed by atoms with E-state index >= 15 is 0 Å². The largest absolute Gasteiger partial charge is 0.381 e. The summed E-state index contributed by atoms with van der Waals surface area (Å²) < 4.78 is 51.0. The van der Waals surface area contributed by atoms with E-state index in [9.17, 15) is 16.8 Å². The fourth-order valence-corrected chi connectivity index (χ4v) is 4.95. The number of aromatic nitrogens is 2. The van der Waals surface area contributed by atoms with Gasteiger partial charge in [0.05, 0.1) is 11.5 Å². The monoisotopic (exact) mass is 322 g/mol. The highest BCUT2D eigenvalue weighted by Gasteiger charge is 2.29. The van der Waals surface area contributed by atoms with Gasteiger partial charge in [0.1, 0.15) is 14.7 Å². The van der Waals surface area contributed by atoms with Crippen LogP contribution in [0, 0.1) is 0 Å². The van der Waals surface area contributed by atoms with E-state index in [0.29, 0.717) is 6.54 Å². The topological polar surface area (TPSA) is 124 Å². The SMILES string of the molecule is CCn1cc(S(=O)(=O)NC2CCS(=O)(=O)CC2)c(N)n1. The molecule has 1 aliphatic rings. The second-order valence-electron chi connectivity index (χ2n) is 4.78. The molecule has 0 bridgehead atoms. The van der Waals surface area contributed by atoms with Crippen molar-refractivity contribution < 1.29 is 16.8 Å². The summed E-state index contributed by atoms with van der Waals surface area (Å²) >= 11 is 0. The molecular weight excluding hydrogens is 304 g/mol. The normalized spacial score (nSPS) is 20.1. The van der Waals surface area contributed by atoms with Gasteiger partial charge in [-0.3, -0.25) is 4.68 Å². The third-order valence-electron chi connectivity index (χ3n) is 3.24. The molecule has 0 atom stereocenters. The molecule has 0 aromatic carbocycles. The zero-order valence-electron chi connectivity index (χ0n) is 11.1. The van der Waals surface area contributed by atoms with Crippen molar-refractivity contribution in [2.24, 2.45) is 0 Å². The molecule has 0 unspecified atom stereocenters. The van der Waals surface area contributed by atoms with Crippen LogP contribution < -0.4 is 10.5 Å². The van der Waals surface area contributed by atoms with Gasteiger partial charge in [0.25, 0.3) is 0 Å². The zero-order chi connectivity index (χ0) is 15.0. The van der Waals surface area contributed by atoms with Crippen molar-refractivity contribution in [2.45, 2.75) is 37.2 Å². The van der Waals surface area contributed by atoms with Crippen LogP contribution in [0.1, 0.15) is 19.8 Å². The molecule has 2 rings (SSSR count). The second kappa shape index (κ2) is 5.34. The van der Waals surface area contributed by atoms with Crippen LogP contribution in [0.15, 0.2) is 11.1 Å². The predicted molar refractivity (Wildman–Crippen MR) is 74.3 cm³/mol. The maximum atomic E-state index is 12.2. The fourth-order valence-electron chi connectivity index (χ4n) is 2.08. The lowest BCUT2D eigenvalue weighted by Gasteiger charge is -2.22. The summed E-state index contributed by atoms with van der Waals surface area (Å²) in [4.78, 5) is -0.0622. The van der Waals surface area contributed by atoms with Crippen molar-refractivity contribution in [2.75, 3.05) is 17.2 Å². The Morgan fingerprint density at radius 3 is 2.55 bits per heavy atom. The van der Waals surface area contributed by atoms with Crippen LogP contribution in [0.2, 0.25) is 0 Å². The van der Waals surface area contributed by atoms with Crippen molar-refractivity contribution in [1.29, 1.82) is 0 Å². The highest BCUT2D eigenvalue weighted by molar-refractivity contribution is 7.91. The molecule has 0 amide bonds. The molecule has 1 fully saturated rings. The number of nitrogens with two attached hydrogens (primary N) is 1. The van der Waals surface area contributed by atoms with Crippen LogP contribution in [0.5, 0.6) is 0 Å². The summed E-state index contributed by atoms with van der Waals surface area (Å²) in [6, 6.07) is -0.382. The highest BCUT2D eigenvalue weighted by atomic mass is 32.2. The van der Waals surface area contributed by atoms with Crippen LogP contribution in [0.3, 0.4) is 0 Å². The smallest absolute Gasteiger partial charge is 0.246 e. The van der Waals surface area contributed by atoms with E-state index in [2.05, 4.69) is 9.82 Å². The molecule has 8 nitrogen and oxygen atoms in total. The molecule has 0 radical (unpaired) electrons. The van der Waals surface area contributed by atoms with Crippen LogP contribution in [-0.4, -0.2) is 44.2 Å². The average Bonchev–Trinajstić information content (AvgIpc) is 2.74. The summed E-state index contributed by atoms with van der Waals surface area (Å²) in [5, 5.41) is 3.89. The van der Waals surface area contributed by atoms with Crippen LogP contribution in [-0.2, 0) is 26.4 Å². The van der Waals surface area contributed by atoms with E-state index in [0.717, 1.165) is 0 Å². The lowest BCUT2D eigenvalue weighted by Crippen LogP contribution is -2.40. The lowest BCUT2D eigenvalue weighted by atomic mass is 10.2. The summed E-state index contributed by atoms with van der Waals surface area (Å²) in [7, 11) is -6.79. The number of hydrogen-bond donors (Lipinski definition) is 2. The maximum Gasteiger partial charge on any atom is 0.246 e. The molecule has 1 saturated heterocycles. The molecule has 0 spiro atoms. The minimum absolute atomic E-state index is 0.00386. The minimum Gasteiger partial charge on any atom is -0.381 e. The Morgan fingerprint density at radius 2 is 2.05 bits per heavy atom. The number of anilines is 1. The summed E-state index contributed by atoms with van der Waals surface area (Å²) in [6.07, 6.45) is 1.93. The van der Waals surface area contributed by atoms with E-state index in [1.165, 1.54) is 10.9 Å². The first-order valence-electron chi connectivity index (χ1n) is 6.29. The van der Waals surface area contributed by atoms with Crippen molar-refractivity contribution in [3.05, 3.63) is 6.20 Å². The van der Waals surface area contributed by atoms with Crippen molar-refractivity contribution >= 4 is 25.7 Å². The molecule has 1 aromatic rings. The number of sulfonamides is 1. The minimum atomic E-state index is -3.77. The van der Waals surface area contributed by atoms with Gasteiger partial charge in [-0.25, -0.2) is 21.6 Å². The number of nitrogen functional groups attached to an aromatic ring is 1. The molecule has 3 N–H and O–H groups in total. The van der Waals surface area contributed by atoms with E-state index in [-0.39, 0.29) is 41.1 Å². The molecule has 0 saturated carbocycles. The van der Waals surface area contributed by atoms with Gasteiger partial charge in [0.2, 0.25) is 10.0 Å². The number of aryl methyl sites for hydroxylation is 1. The Morgan fingerprint density at radius 1 is 1.45 bits per heavy atom. The number of rotatable bonds is 4. The van der Waals surface area contributed by atoms with Gasteiger partial charge in [-0.15, -0.1) is 0 Å². The Hall–Kier alpha value is -1.13. The number of nitrogens with zero attached hydrogens (tertiary/aromatic N) is 2. The molecule has 1 aromatic heterocycles. The maximum absolute atomic E-state index is 12.2. The van der Waals surface area contributed by atoms with Gasteiger partial charge < -0.3 is 5.73 Å². The van der Waals surface area contributed by atoms with Crippen LogP contribution in [0.25, 0.3) is 0 Å². The predicted octanol–water partition coefficient (Wildman–Crippen LogP) is -0.659. The Balaban J connectivity index is 2.13. The van der Waals surface area contributed by atoms with E-state index in [1.54, 1.807) is 0 Å². The Bertz CT molecular complexity index is 679. The molecule has 20 heavy (non-hydrogen) atoms. The second-order valence-corrected chi connectivity index (χ2v) is 8.77. The molecule has 114 valence electrons. The fraction of sp³-hybridized carbons (Fsp3) is 0.700. The zero-order valence-corrected chi connectivity index (χ0v) is 12.7. The van der Waals surface area contributed by atoms with E-state index in [1.807, 2.05) is 6.92 Å². The molecular formula is C10H18N4O4S2. The van der Waals surface area contributed by atoms with E-state index < -0.39 is 19.9 Å². The van der Waals surface area contributed by atoms with E-state index in [4.69, 9.17) is 5.73 Å². The number of nitrogens with one attached hydrogen (secondary N) is 1. The standard InChI is InChI=1S/C10H18N4O4S2/c1-2-14-7-9(10(11)12-14)20(17,18)13-8-3-5-19(15,16)6-4-8/h7-8,13H,2-6H2,1H3,(H2,11,12). The van der Waals surface area contributed by atoms with Crippen molar-refractivity contribution in [3.63, 3.8) is 0 Å². The molecule has 2 heterocycles. The summed E-state index contributed by atoms with van der Waals surface area (Å²) in [5.74, 6) is -0.0453. The summed E-state index contributed by atoms with van der Waals surface area (Å²) in [5.41, 5.74) is 5.60. The molecule has 10 heteroatoms. The van der Waals surface area contributed by atoms with Gasteiger partial charge in [-0.1, -0.05) is 0 Å². The van der Waals surface area contributed by atoms with Crippen LogP contribution in [0.4, 0.5) is 5.82 Å². The quantitative estimate of drug-likeness (QED) is 0.758. The van der Waals surface area contributed by atoms with Crippen molar-refractivity contribution in [3.8, 4) is 0 Å². The highest BCUT2D eigenvalue weighted by Crippen LogP contribution is 2.19. The number of hydrogen-bond acceptors (Lipinski definition) is 6. The van der Waals surface area contributed by atoms with Gasteiger partial charge in [0.15, 0.2) is 5.82 Å². The first-order chi connectivity index (χ1) is 9.23. The van der Waals surface area contributed by atoms with Crippen molar-refractivity contribution in [1.82, 2.24) is 14.5 Å². The third kappa shape index (κ3) is 3.30. The van der Waals surface area contributed by atoms with Gasteiger partial charge >= 0.3 is 0 Å². The van der Waals surface area contributed by atoms with Gasteiger partial charge in [0, 0.05) is 18.8 Å². The third-order valence-corrected chi connectivity index (χ3v) is 6.50. The lowest BCUT2D eigenvalue weighted by molar-refractivity contribution is 0.505. The first-order valence-corrected chi connectivity index (χ1v) is 9.59. The Kier molecular flexibility index (Phi) is 4.07. The first kappa shape index (κ1) is 15.3. The molecule has 0 aliphatic carbocycles.